The lowest BCUT2D eigenvalue weighted by molar-refractivity contribution is 0.537. The van der Waals surface area contributed by atoms with E-state index in [4.69, 9.17) is 0 Å². The number of sulfone groups is 1. The van der Waals surface area contributed by atoms with Crippen LogP contribution in [0.5, 0.6) is 0 Å². The molecule has 1 atom stereocenters. The Hall–Kier alpha value is -0.0900. The van der Waals surface area contributed by atoms with Gasteiger partial charge in [0.15, 0.2) is 9.84 Å². The molecule has 0 amide bonds. The Morgan fingerprint density at radius 2 is 1.79 bits per heavy atom. The summed E-state index contributed by atoms with van der Waals surface area (Å²) in [5.41, 5.74) is 0. The van der Waals surface area contributed by atoms with Crippen LogP contribution in [0.3, 0.4) is 0 Å². The largest absolute Gasteiger partial charge is 0.314 e. The molecule has 0 aliphatic heterocycles. The minimum atomic E-state index is -2.83. The van der Waals surface area contributed by atoms with Crippen LogP contribution in [0.2, 0.25) is 0 Å². The van der Waals surface area contributed by atoms with E-state index in [1.807, 2.05) is 27.7 Å². The third kappa shape index (κ3) is 7.33. The molecule has 0 spiro atoms. The molecule has 0 bridgehead atoms. The average molecular weight is 221 g/mol. The number of nitrogens with one attached hydrogen (secondary N) is 1. The van der Waals surface area contributed by atoms with Gasteiger partial charge in [-0.3, -0.25) is 0 Å². The zero-order chi connectivity index (χ0) is 11.2. The third-order valence-corrected chi connectivity index (χ3v) is 4.03. The highest BCUT2D eigenvalue weighted by molar-refractivity contribution is 7.91. The van der Waals surface area contributed by atoms with Crippen LogP contribution in [0.15, 0.2) is 0 Å². The molecule has 0 aromatic heterocycles. The van der Waals surface area contributed by atoms with Gasteiger partial charge in [0.2, 0.25) is 0 Å². The first kappa shape index (κ1) is 13.9. The second kappa shape index (κ2) is 6.40. The van der Waals surface area contributed by atoms with Gasteiger partial charge < -0.3 is 5.32 Å². The Kier molecular flexibility index (Phi) is 6.36. The van der Waals surface area contributed by atoms with Crippen LogP contribution in [-0.2, 0) is 9.84 Å². The monoisotopic (exact) mass is 221 g/mol. The standard InChI is InChI=1S/C10H23NO2S/c1-5-11-10(4)6-7-14(12,13)8-9(2)3/h9-11H,5-8H2,1-4H3. The van der Waals surface area contributed by atoms with E-state index in [2.05, 4.69) is 5.32 Å². The van der Waals surface area contributed by atoms with Gasteiger partial charge in [0.1, 0.15) is 0 Å². The second-order valence-corrected chi connectivity index (χ2v) is 6.48. The van der Waals surface area contributed by atoms with Crippen LogP contribution in [0.1, 0.15) is 34.1 Å². The predicted octanol–water partition coefficient (Wildman–Crippen LogP) is 1.45. The second-order valence-electron chi connectivity index (χ2n) is 4.26. The average Bonchev–Trinajstić information content (AvgIpc) is 1.99. The molecule has 14 heavy (non-hydrogen) atoms. The Bertz CT molecular complexity index is 235. The molecule has 0 aliphatic carbocycles. The maximum absolute atomic E-state index is 11.5. The molecule has 1 N–H and O–H groups in total. The summed E-state index contributed by atoms with van der Waals surface area (Å²) in [6.45, 7) is 8.81. The molecule has 0 heterocycles. The minimum absolute atomic E-state index is 0.231. The quantitative estimate of drug-likeness (QED) is 0.707. The lowest BCUT2D eigenvalue weighted by atomic mass is 10.2. The van der Waals surface area contributed by atoms with Crippen molar-refractivity contribution in [3.8, 4) is 0 Å². The van der Waals surface area contributed by atoms with Gasteiger partial charge in [0.05, 0.1) is 11.5 Å². The van der Waals surface area contributed by atoms with Crippen LogP contribution in [-0.4, -0.2) is 32.5 Å². The SMILES string of the molecule is CCNC(C)CCS(=O)(=O)CC(C)C. The van der Waals surface area contributed by atoms with Gasteiger partial charge in [-0.1, -0.05) is 20.8 Å². The highest BCUT2D eigenvalue weighted by atomic mass is 32.2. The van der Waals surface area contributed by atoms with E-state index in [1.54, 1.807) is 0 Å². The number of hydrogen-bond acceptors (Lipinski definition) is 3. The first-order valence-electron chi connectivity index (χ1n) is 5.31. The molecule has 0 saturated carbocycles. The van der Waals surface area contributed by atoms with Gasteiger partial charge >= 0.3 is 0 Å². The molecule has 86 valence electrons. The number of hydrogen-bond donors (Lipinski definition) is 1. The highest BCUT2D eigenvalue weighted by Crippen LogP contribution is 2.03. The fraction of sp³-hybridized carbons (Fsp3) is 1.00. The van der Waals surface area contributed by atoms with Crippen molar-refractivity contribution in [1.29, 1.82) is 0 Å². The zero-order valence-electron chi connectivity index (χ0n) is 9.71. The zero-order valence-corrected chi connectivity index (χ0v) is 10.5. The van der Waals surface area contributed by atoms with Gasteiger partial charge in [-0.2, -0.15) is 0 Å². The van der Waals surface area contributed by atoms with Crippen molar-refractivity contribution in [2.45, 2.75) is 40.2 Å². The predicted molar refractivity (Wildman–Crippen MR) is 61.2 cm³/mol. The van der Waals surface area contributed by atoms with Crippen LogP contribution >= 0.6 is 0 Å². The normalized spacial score (nSPS) is 14.6. The third-order valence-electron chi connectivity index (χ3n) is 2.00. The molecule has 0 fully saturated rings. The van der Waals surface area contributed by atoms with Crippen molar-refractivity contribution in [2.75, 3.05) is 18.1 Å². The van der Waals surface area contributed by atoms with Gasteiger partial charge in [-0.25, -0.2) is 8.42 Å². The summed E-state index contributed by atoms with van der Waals surface area (Å²) >= 11 is 0. The lowest BCUT2D eigenvalue weighted by Crippen LogP contribution is -2.28. The Morgan fingerprint density at radius 3 is 2.21 bits per heavy atom. The van der Waals surface area contributed by atoms with Crippen LogP contribution in [0, 0.1) is 5.92 Å². The fourth-order valence-electron chi connectivity index (χ4n) is 1.40. The summed E-state index contributed by atoms with van der Waals surface area (Å²) in [6, 6.07) is 0.293. The van der Waals surface area contributed by atoms with Crippen LogP contribution in [0.4, 0.5) is 0 Å². The lowest BCUT2D eigenvalue weighted by Gasteiger charge is -2.12. The van der Waals surface area contributed by atoms with Crippen LogP contribution in [0.25, 0.3) is 0 Å². The molecule has 0 aromatic rings. The summed E-state index contributed by atoms with van der Waals surface area (Å²) < 4.78 is 23.0. The molecule has 0 radical (unpaired) electrons. The van der Waals surface area contributed by atoms with Crippen molar-refractivity contribution in [3.63, 3.8) is 0 Å². The van der Waals surface area contributed by atoms with E-state index < -0.39 is 9.84 Å². The van der Waals surface area contributed by atoms with E-state index in [9.17, 15) is 8.42 Å². The summed E-state index contributed by atoms with van der Waals surface area (Å²) in [6.07, 6.45) is 0.711. The highest BCUT2D eigenvalue weighted by Gasteiger charge is 2.14. The molecule has 3 nitrogen and oxygen atoms in total. The Morgan fingerprint density at radius 1 is 1.21 bits per heavy atom. The molecule has 0 aromatic carbocycles. The maximum Gasteiger partial charge on any atom is 0.150 e. The van der Waals surface area contributed by atoms with Crippen molar-refractivity contribution < 1.29 is 8.42 Å². The van der Waals surface area contributed by atoms with E-state index >= 15 is 0 Å². The van der Waals surface area contributed by atoms with Crippen molar-refractivity contribution in [2.24, 2.45) is 5.92 Å². The number of rotatable bonds is 7. The van der Waals surface area contributed by atoms with Gasteiger partial charge in [-0.15, -0.1) is 0 Å². The van der Waals surface area contributed by atoms with E-state index in [0.29, 0.717) is 24.0 Å². The maximum atomic E-state index is 11.5. The Labute approximate surface area is 88.2 Å². The minimum Gasteiger partial charge on any atom is -0.314 e. The molecule has 0 rings (SSSR count). The van der Waals surface area contributed by atoms with Crippen molar-refractivity contribution in [3.05, 3.63) is 0 Å². The summed E-state index contributed by atoms with van der Waals surface area (Å²) in [4.78, 5) is 0. The Balaban J connectivity index is 3.87. The van der Waals surface area contributed by atoms with Gasteiger partial charge in [-0.05, 0) is 25.8 Å². The van der Waals surface area contributed by atoms with E-state index in [1.165, 1.54) is 0 Å². The summed E-state index contributed by atoms with van der Waals surface area (Å²) in [5, 5.41) is 3.21. The molecule has 1 unspecified atom stereocenters. The summed E-state index contributed by atoms with van der Waals surface area (Å²) in [5.74, 6) is 0.847. The molecule has 0 saturated heterocycles. The van der Waals surface area contributed by atoms with E-state index in [0.717, 1.165) is 6.54 Å². The first-order chi connectivity index (χ1) is 6.37. The molecular weight excluding hydrogens is 198 g/mol. The van der Waals surface area contributed by atoms with Gasteiger partial charge in [0.25, 0.3) is 0 Å². The van der Waals surface area contributed by atoms with Crippen molar-refractivity contribution in [1.82, 2.24) is 5.32 Å². The van der Waals surface area contributed by atoms with E-state index in [-0.39, 0.29) is 5.92 Å². The molecular formula is C10H23NO2S. The topological polar surface area (TPSA) is 46.2 Å². The molecule has 0 aliphatic rings. The fourth-order valence-corrected chi connectivity index (χ4v) is 3.29. The van der Waals surface area contributed by atoms with Crippen LogP contribution < -0.4 is 5.32 Å². The van der Waals surface area contributed by atoms with Gasteiger partial charge in [0, 0.05) is 6.04 Å². The smallest absolute Gasteiger partial charge is 0.150 e. The summed E-state index contributed by atoms with van der Waals surface area (Å²) in [7, 11) is -2.83. The van der Waals surface area contributed by atoms with Crippen molar-refractivity contribution >= 4 is 9.84 Å². The first-order valence-corrected chi connectivity index (χ1v) is 7.13. The molecule has 4 heteroatoms.